The monoisotopic (exact) mass is 212 g/mol. The number of carbonyl (C=O) groups is 2. The van der Waals surface area contributed by atoms with Crippen molar-refractivity contribution in [1.29, 1.82) is 0 Å². The predicted molar refractivity (Wildman–Crippen MR) is 58.3 cm³/mol. The van der Waals surface area contributed by atoms with Crippen LogP contribution in [0, 0.1) is 0 Å². The van der Waals surface area contributed by atoms with Crippen molar-refractivity contribution in [1.82, 2.24) is 10.2 Å². The van der Waals surface area contributed by atoms with Gasteiger partial charge in [-0.2, -0.15) is 0 Å². The summed E-state index contributed by atoms with van der Waals surface area (Å²) in [6, 6.07) is -0.298. The van der Waals surface area contributed by atoms with E-state index in [2.05, 4.69) is 12.2 Å². The summed E-state index contributed by atoms with van der Waals surface area (Å²) in [5.74, 6) is 0.00342. The molecule has 0 aromatic carbocycles. The Balaban J connectivity index is 2.36. The molecule has 1 rings (SSSR count). The van der Waals surface area contributed by atoms with Gasteiger partial charge in [-0.05, 0) is 13.3 Å². The summed E-state index contributed by atoms with van der Waals surface area (Å²) < 4.78 is 0. The van der Waals surface area contributed by atoms with Crippen LogP contribution >= 0.6 is 0 Å². The van der Waals surface area contributed by atoms with Gasteiger partial charge < -0.3 is 10.2 Å². The third-order valence-corrected chi connectivity index (χ3v) is 2.83. The van der Waals surface area contributed by atoms with Crippen LogP contribution in [0.3, 0.4) is 0 Å². The maximum Gasteiger partial charge on any atom is 0.242 e. The van der Waals surface area contributed by atoms with Gasteiger partial charge in [-0.15, -0.1) is 0 Å². The predicted octanol–water partition coefficient (Wildman–Crippen LogP) is 0.914. The Morgan fingerprint density at radius 2 is 2.07 bits per heavy atom. The lowest BCUT2D eigenvalue weighted by molar-refractivity contribution is -0.144. The molecule has 1 heterocycles. The average molecular weight is 212 g/mol. The van der Waals surface area contributed by atoms with Crippen molar-refractivity contribution < 1.29 is 9.59 Å². The van der Waals surface area contributed by atoms with E-state index in [1.165, 1.54) is 12.8 Å². The fraction of sp³-hybridized carbons (Fsp3) is 0.818. The van der Waals surface area contributed by atoms with Crippen molar-refractivity contribution in [3.63, 3.8) is 0 Å². The summed E-state index contributed by atoms with van der Waals surface area (Å²) in [4.78, 5) is 24.5. The van der Waals surface area contributed by atoms with E-state index >= 15 is 0 Å². The van der Waals surface area contributed by atoms with Crippen molar-refractivity contribution in [3.8, 4) is 0 Å². The van der Waals surface area contributed by atoms with E-state index in [0.29, 0.717) is 6.54 Å². The lowest BCUT2D eigenvalue weighted by Crippen LogP contribution is -2.57. The molecule has 0 aliphatic carbocycles. The number of amides is 2. The van der Waals surface area contributed by atoms with Crippen LogP contribution in [-0.4, -0.2) is 35.8 Å². The molecule has 0 spiro atoms. The van der Waals surface area contributed by atoms with Crippen molar-refractivity contribution in [2.24, 2.45) is 0 Å². The van der Waals surface area contributed by atoms with Crippen molar-refractivity contribution in [3.05, 3.63) is 0 Å². The average Bonchev–Trinajstić information content (AvgIpc) is 2.23. The van der Waals surface area contributed by atoms with E-state index in [4.69, 9.17) is 0 Å². The van der Waals surface area contributed by atoms with Gasteiger partial charge >= 0.3 is 0 Å². The van der Waals surface area contributed by atoms with E-state index in [1.54, 1.807) is 11.8 Å². The first-order valence-electron chi connectivity index (χ1n) is 5.74. The number of nitrogens with zero attached hydrogens (tertiary/aromatic N) is 1. The van der Waals surface area contributed by atoms with Gasteiger partial charge in [0.1, 0.15) is 6.04 Å². The third-order valence-electron chi connectivity index (χ3n) is 2.83. The minimum atomic E-state index is -0.298. The Labute approximate surface area is 91.0 Å². The smallest absolute Gasteiger partial charge is 0.242 e. The summed E-state index contributed by atoms with van der Waals surface area (Å²) >= 11 is 0. The van der Waals surface area contributed by atoms with Gasteiger partial charge in [0.05, 0.1) is 6.54 Å². The molecule has 0 aromatic rings. The van der Waals surface area contributed by atoms with E-state index in [1.807, 2.05) is 0 Å². The highest BCUT2D eigenvalue weighted by atomic mass is 16.2. The van der Waals surface area contributed by atoms with Gasteiger partial charge in [-0.25, -0.2) is 0 Å². The summed E-state index contributed by atoms with van der Waals surface area (Å²) in [6.07, 6.45) is 4.51. The maximum atomic E-state index is 11.5. The first kappa shape index (κ1) is 12.0. The summed E-state index contributed by atoms with van der Waals surface area (Å²) in [5.41, 5.74) is 0. The second-order valence-corrected chi connectivity index (χ2v) is 4.04. The van der Waals surface area contributed by atoms with Crippen LogP contribution in [0.2, 0.25) is 0 Å². The first-order chi connectivity index (χ1) is 7.16. The molecule has 1 aliphatic heterocycles. The molecule has 15 heavy (non-hydrogen) atoms. The van der Waals surface area contributed by atoms with Gasteiger partial charge in [0.25, 0.3) is 0 Å². The molecule has 1 saturated heterocycles. The van der Waals surface area contributed by atoms with Gasteiger partial charge in [-0.1, -0.05) is 26.2 Å². The van der Waals surface area contributed by atoms with E-state index in [-0.39, 0.29) is 24.4 Å². The fourth-order valence-electron chi connectivity index (χ4n) is 1.80. The number of unbranched alkanes of at least 4 members (excludes halogenated alkanes) is 3. The molecule has 86 valence electrons. The second kappa shape index (κ2) is 5.73. The quantitative estimate of drug-likeness (QED) is 0.689. The molecule has 1 N–H and O–H groups in total. The molecule has 4 heteroatoms. The normalized spacial score (nSPS) is 21.7. The summed E-state index contributed by atoms with van der Waals surface area (Å²) in [5, 5.41) is 2.58. The van der Waals surface area contributed by atoms with Crippen LogP contribution in [0.15, 0.2) is 0 Å². The van der Waals surface area contributed by atoms with Gasteiger partial charge in [0, 0.05) is 6.54 Å². The molecular weight excluding hydrogens is 192 g/mol. The zero-order chi connectivity index (χ0) is 11.3. The van der Waals surface area contributed by atoms with Crippen molar-refractivity contribution >= 4 is 11.8 Å². The molecule has 1 unspecified atom stereocenters. The Kier molecular flexibility index (Phi) is 4.59. The SMILES string of the molecule is CCCCCCN1C(=O)CNC(=O)C1C. The fourth-order valence-corrected chi connectivity index (χ4v) is 1.80. The molecule has 0 bridgehead atoms. The molecule has 1 aliphatic rings. The minimum absolute atomic E-state index is 0.0370. The number of hydrogen-bond donors (Lipinski definition) is 1. The molecule has 2 amide bonds. The lowest BCUT2D eigenvalue weighted by Gasteiger charge is -2.32. The van der Waals surface area contributed by atoms with Crippen molar-refractivity contribution in [2.45, 2.75) is 45.6 Å². The zero-order valence-corrected chi connectivity index (χ0v) is 9.58. The number of carbonyl (C=O) groups excluding carboxylic acids is 2. The molecule has 0 saturated carbocycles. The van der Waals surface area contributed by atoms with Gasteiger partial charge in [-0.3, -0.25) is 9.59 Å². The van der Waals surface area contributed by atoms with Crippen LogP contribution in [-0.2, 0) is 9.59 Å². The molecule has 4 nitrogen and oxygen atoms in total. The minimum Gasteiger partial charge on any atom is -0.345 e. The molecule has 0 aromatic heterocycles. The van der Waals surface area contributed by atoms with E-state index in [0.717, 1.165) is 12.8 Å². The topological polar surface area (TPSA) is 49.4 Å². The van der Waals surface area contributed by atoms with Gasteiger partial charge in [0.15, 0.2) is 0 Å². The van der Waals surface area contributed by atoms with E-state index in [9.17, 15) is 9.59 Å². The third kappa shape index (κ3) is 3.22. The van der Waals surface area contributed by atoms with Crippen LogP contribution in [0.1, 0.15) is 39.5 Å². The summed E-state index contributed by atoms with van der Waals surface area (Å²) in [6.45, 7) is 4.82. The van der Waals surface area contributed by atoms with E-state index < -0.39 is 0 Å². The molecular formula is C11H20N2O2. The second-order valence-electron chi connectivity index (χ2n) is 4.04. The van der Waals surface area contributed by atoms with Crippen LogP contribution < -0.4 is 5.32 Å². The maximum absolute atomic E-state index is 11.5. The summed E-state index contributed by atoms with van der Waals surface area (Å²) in [7, 11) is 0. The molecule has 1 atom stereocenters. The van der Waals surface area contributed by atoms with Gasteiger partial charge in [0.2, 0.25) is 11.8 Å². The Bertz CT molecular complexity index is 241. The largest absolute Gasteiger partial charge is 0.345 e. The highest BCUT2D eigenvalue weighted by Gasteiger charge is 2.29. The first-order valence-corrected chi connectivity index (χ1v) is 5.74. The lowest BCUT2D eigenvalue weighted by atomic mass is 10.1. The zero-order valence-electron chi connectivity index (χ0n) is 9.58. The van der Waals surface area contributed by atoms with Crippen molar-refractivity contribution in [2.75, 3.05) is 13.1 Å². The Hall–Kier alpha value is -1.06. The van der Waals surface area contributed by atoms with Crippen LogP contribution in [0.5, 0.6) is 0 Å². The molecule has 1 fully saturated rings. The number of piperazine rings is 1. The standard InChI is InChI=1S/C11H20N2O2/c1-3-4-5-6-7-13-9(2)11(15)12-8-10(13)14/h9H,3-8H2,1-2H3,(H,12,15). The number of hydrogen-bond acceptors (Lipinski definition) is 2. The Morgan fingerprint density at radius 1 is 1.33 bits per heavy atom. The number of rotatable bonds is 5. The highest BCUT2D eigenvalue weighted by Crippen LogP contribution is 2.08. The Morgan fingerprint density at radius 3 is 2.73 bits per heavy atom. The molecule has 0 radical (unpaired) electrons. The highest BCUT2D eigenvalue weighted by molar-refractivity contribution is 5.94. The van der Waals surface area contributed by atoms with Crippen LogP contribution in [0.25, 0.3) is 0 Å². The van der Waals surface area contributed by atoms with Crippen LogP contribution in [0.4, 0.5) is 0 Å². The number of nitrogens with one attached hydrogen (secondary N) is 1.